The molecular formula is C22H26N2O4S. The number of fused-ring (bicyclic) bond motifs is 1. The lowest BCUT2D eigenvalue weighted by atomic mass is 9.83. The van der Waals surface area contributed by atoms with Crippen LogP contribution in [0.2, 0.25) is 0 Å². The number of hydrogen-bond donors (Lipinski definition) is 1. The Morgan fingerprint density at radius 2 is 1.79 bits per heavy atom. The molecule has 1 saturated heterocycles. The van der Waals surface area contributed by atoms with Gasteiger partial charge in [-0.3, -0.25) is 4.79 Å². The first kappa shape index (κ1) is 20.1. The highest BCUT2D eigenvalue weighted by Gasteiger charge is 2.26. The molecule has 29 heavy (non-hydrogen) atoms. The Kier molecular flexibility index (Phi) is 5.99. The molecule has 0 radical (unpaired) electrons. The molecule has 4 rings (SSSR count). The number of amides is 1. The van der Waals surface area contributed by atoms with Crippen LogP contribution in [0, 0.1) is 0 Å². The molecule has 1 atom stereocenters. The number of ether oxygens (including phenoxy) is 1. The van der Waals surface area contributed by atoms with Crippen LogP contribution >= 0.6 is 0 Å². The minimum Gasteiger partial charge on any atom is -0.379 e. The lowest BCUT2D eigenvalue weighted by Gasteiger charge is -2.26. The molecule has 6 nitrogen and oxygen atoms in total. The second kappa shape index (κ2) is 8.65. The third-order valence-corrected chi connectivity index (χ3v) is 7.64. The number of hydrogen-bond acceptors (Lipinski definition) is 4. The summed E-state index contributed by atoms with van der Waals surface area (Å²) in [4.78, 5) is 12.8. The Hall–Kier alpha value is -2.22. The van der Waals surface area contributed by atoms with E-state index in [9.17, 15) is 13.2 Å². The number of morpholine rings is 1. The lowest BCUT2D eigenvalue weighted by molar-refractivity contribution is 0.0730. The maximum Gasteiger partial charge on any atom is 0.251 e. The molecule has 1 aliphatic heterocycles. The first-order valence-corrected chi connectivity index (χ1v) is 11.5. The van der Waals surface area contributed by atoms with E-state index in [-0.39, 0.29) is 10.8 Å². The van der Waals surface area contributed by atoms with Crippen molar-refractivity contribution in [3.05, 3.63) is 65.2 Å². The predicted molar refractivity (Wildman–Crippen MR) is 110 cm³/mol. The van der Waals surface area contributed by atoms with E-state index in [1.807, 2.05) is 6.07 Å². The van der Waals surface area contributed by atoms with Crippen LogP contribution in [0.1, 0.15) is 40.2 Å². The van der Waals surface area contributed by atoms with Crippen molar-refractivity contribution in [1.29, 1.82) is 0 Å². The Morgan fingerprint density at radius 3 is 2.55 bits per heavy atom. The van der Waals surface area contributed by atoms with Gasteiger partial charge in [-0.2, -0.15) is 4.31 Å². The molecule has 154 valence electrons. The second-order valence-corrected chi connectivity index (χ2v) is 9.48. The van der Waals surface area contributed by atoms with Gasteiger partial charge in [-0.25, -0.2) is 8.42 Å². The zero-order valence-electron chi connectivity index (χ0n) is 16.3. The Morgan fingerprint density at radius 1 is 1.07 bits per heavy atom. The normalized spacial score (nSPS) is 20.1. The van der Waals surface area contributed by atoms with Gasteiger partial charge in [0.2, 0.25) is 10.0 Å². The quantitative estimate of drug-likeness (QED) is 0.816. The summed E-state index contributed by atoms with van der Waals surface area (Å²) < 4.78 is 32.0. The van der Waals surface area contributed by atoms with E-state index in [0.29, 0.717) is 44.3 Å². The number of rotatable bonds is 5. The molecule has 2 aliphatic rings. The predicted octanol–water partition coefficient (Wildman–Crippen LogP) is 2.56. The van der Waals surface area contributed by atoms with Crippen molar-refractivity contribution in [1.82, 2.24) is 9.62 Å². The molecule has 0 spiro atoms. The van der Waals surface area contributed by atoms with Crippen molar-refractivity contribution in [2.75, 3.05) is 32.8 Å². The van der Waals surface area contributed by atoms with Crippen LogP contribution in [0.4, 0.5) is 0 Å². The van der Waals surface area contributed by atoms with Crippen LogP contribution in [0.3, 0.4) is 0 Å². The summed E-state index contributed by atoms with van der Waals surface area (Å²) in [6, 6.07) is 14.6. The van der Waals surface area contributed by atoms with Crippen molar-refractivity contribution >= 4 is 15.9 Å². The highest BCUT2D eigenvalue weighted by molar-refractivity contribution is 7.89. The number of aryl methyl sites for hydroxylation is 1. The van der Waals surface area contributed by atoms with Crippen LogP contribution in [0.15, 0.2) is 53.4 Å². The van der Waals surface area contributed by atoms with E-state index in [1.165, 1.54) is 27.6 Å². The third kappa shape index (κ3) is 4.37. The van der Waals surface area contributed by atoms with Gasteiger partial charge >= 0.3 is 0 Å². The minimum absolute atomic E-state index is 0.177. The molecule has 2 aromatic rings. The number of benzene rings is 2. The summed E-state index contributed by atoms with van der Waals surface area (Å²) in [7, 11) is -3.55. The van der Waals surface area contributed by atoms with Gasteiger partial charge in [0.15, 0.2) is 0 Å². The summed E-state index contributed by atoms with van der Waals surface area (Å²) in [6.45, 7) is 2.11. The van der Waals surface area contributed by atoms with Gasteiger partial charge in [0.1, 0.15) is 0 Å². The van der Waals surface area contributed by atoms with Crippen LogP contribution < -0.4 is 5.32 Å². The number of carbonyl (C=O) groups is 1. The van der Waals surface area contributed by atoms with Crippen LogP contribution in [-0.2, 0) is 21.2 Å². The fourth-order valence-corrected chi connectivity index (χ4v) is 5.51. The van der Waals surface area contributed by atoms with E-state index in [0.717, 1.165) is 19.3 Å². The number of carbonyl (C=O) groups excluding carboxylic acids is 1. The maximum atomic E-state index is 12.7. The van der Waals surface area contributed by atoms with Crippen LogP contribution in [-0.4, -0.2) is 51.5 Å². The van der Waals surface area contributed by atoms with Gasteiger partial charge in [0.25, 0.3) is 5.91 Å². The second-order valence-electron chi connectivity index (χ2n) is 7.54. The van der Waals surface area contributed by atoms with Crippen molar-refractivity contribution < 1.29 is 17.9 Å². The van der Waals surface area contributed by atoms with Gasteiger partial charge in [-0.1, -0.05) is 24.3 Å². The molecule has 1 amide bonds. The van der Waals surface area contributed by atoms with Gasteiger partial charge in [0.05, 0.1) is 18.1 Å². The molecule has 2 aromatic carbocycles. The van der Waals surface area contributed by atoms with Gasteiger partial charge in [-0.15, -0.1) is 0 Å². The monoisotopic (exact) mass is 414 g/mol. The average molecular weight is 415 g/mol. The standard InChI is InChI=1S/C22H26N2O4S/c25-22(23-16-19-6-3-5-17-4-1-2-7-21(17)19)18-8-10-20(11-9-18)29(26,27)24-12-14-28-15-13-24/h1-2,4,7-11,19H,3,5-6,12-16H2,(H,23,25). The number of nitrogens with zero attached hydrogens (tertiary/aromatic N) is 1. The first-order valence-electron chi connectivity index (χ1n) is 10.1. The zero-order valence-corrected chi connectivity index (χ0v) is 17.2. The molecule has 0 saturated carbocycles. The fraction of sp³-hybridized carbons (Fsp3) is 0.409. The molecule has 1 heterocycles. The van der Waals surface area contributed by atoms with Gasteiger partial charge in [0, 0.05) is 31.1 Å². The van der Waals surface area contributed by atoms with Gasteiger partial charge < -0.3 is 10.1 Å². The zero-order chi connectivity index (χ0) is 20.3. The topological polar surface area (TPSA) is 75.7 Å². The highest BCUT2D eigenvalue weighted by atomic mass is 32.2. The SMILES string of the molecule is O=C(NCC1CCCc2ccccc21)c1ccc(S(=O)(=O)N2CCOCC2)cc1. The summed E-state index contributed by atoms with van der Waals surface area (Å²) in [5.74, 6) is 0.147. The summed E-state index contributed by atoms with van der Waals surface area (Å²) >= 11 is 0. The molecule has 7 heteroatoms. The van der Waals surface area contributed by atoms with E-state index < -0.39 is 10.0 Å². The average Bonchev–Trinajstić information content (AvgIpc) is 2.78. The van der Waals surface area contributed by atoms with E-state index in [1.54, 1.807) is 12.1 Å². The molecule has 1 fully saturated rings. The maximum absolute atomic E-state index is 12.7. The molecule has 1 N–H and O–H groups in total. The molecule has 1 unspecified atom stereocenters. The fourth-order valence-electron chi connectivity index (χ4n) is 4.10. The lowest BCUT2D eigenvalue weighted by Crippen LogP contribution is -2.40. The van der Waals surface area contributed by atoms with Crippen molar-refractivity contribution in [2.45, 2.75) is 30.1 Å². The van der Waals surface area contributed by atoms with Gasteiger partial charge in [-0.05, 0) is 54.7 Å². The molecule has 0 bridgehead atoms. The Bertz CT molecular complexity index is 967. The number of nitrogens with one attached hydrogen (secondary N) is 1. The van der Waals surface area contributed by atoms with E-state index in [4.69, 9.17) is 4.74 Å². The van der Waals surface area contributed by atoms with Crippen LogP contribution in [0.5, 0.6) is 0 Å². The van der Waals surface area contributed by atoms with Crippen molar-refractivity contribution in [2.24, 2.45) is 0 Å². The third-order valence-electron chi connectivity index (χ3n) is 5.73. The summed E-state index contributed by atoms with van der Waals surface area (Å²) in [5.41, 5.74) is 3.16. The highest BCUT2D eigenvalue weighted by Crippen LogP contribution is 2.30. The van der Waals surface area contributed by atoms with E-state index in [2.05, 4.69) is 23.5 Å². The summed E-state index contributed by atoms with van der Waals surface area (Å²) in [5, 5.41) is 3.02. The number of sulfonamides is 1. The molecular weight excluding hydrogens is 388 g/mol. The Balaban J connectivity index is 1.40. The van der Waals surface area contributed by atoms with Crippen molar-refractivity contribution in [3.63, 3.8) is 0 Å². The summed E-state index contributed by atoms with van der Waals surface area (Å²) in [6.07, 6.45) is 3.29. The Labute approximate surface area is 171 Å². The van der Waals surface area contributed by atoms with Crippen LogP contribution in [0.25, 0.3) is 0 Å². The smallest absolute Gasteiger partial charge is 0.251 e. The molecule has 1 aliphatic carbocycles. The first-order chi connectivity index (χ1) is 14.1. The molecule has 0 aromatic heterocycles. The largest absolute Gasteiger partial charge is 0.379 e. The minimum atomic E-state index is -3.55. The van der Waals surface area contributed by atoms with E-state index >= 15 is 0 Å². The van der Waals surface area contributed by atoms with Crippen molar-refractivity contribution in [3.8, 4) is 0 Å².